The normalized spacial score (nSPS) is 12.7. The summed E-state index contributed by atoms with van der Waals surface area (Å²) in [7, 11) is -1.41. The van der Waals surface area contributed by atoms with E-state index in [0.717, 1.165) is 32.8 Å². The number of nitrogens with zero attached hydrogens (tertiary/aromatic N) is 2. The third-order valence-corrected chi connectivity index (χ3v) is 6.96. The molecule has 1 unspecified atom stereocenters. The molecule has 6 nitrogen and oxygen atoms in total. The van der Waals surface area contributed by atoms with Crippen LogP contribution in [-0.2, 0) is 20.3 Å². The molecule has 0 N–H and O–H groups in total. The third-order valence-electron chi connectivity index (χ3n) is 5.58. The predicted molar refractivity (Wildman–Crippen MR) is 127 cm³/mol. The number of hydrogen-bond donors (Lipinski definition) is 0. The molecule has 0 spiro atoms. The van der Waals surface area contributed by atoms with Crippen LogP contribution in [0.2, 0.25) is 0 Å². The van der Waals surface area contributed by atoms with E-state index in [0.29, 0.717) is 21.5 Å². The standard InChI is InChI=1S/C25H20N2O4S/c1-14(2)25(29)31-11-12-32(30)21-10-8-17-22-16(21)5-4-6-18(22)24(28)27-20-9-7-15(3)13-19(20)26-23(17)27/h4-10,13H,1,11-12H2,2-3H3. The van der Waals surface area contributed by atoms with E-state index in [-0.39, 0.29) is 17.9 Å². The first-order valence-corrected chi connectivity index (χ1v) is 11.5. The summed E-state index contributed by atoms with van der Waals surface area (Å²) in [4.78, 5) is 30.4. The highest BCUT2D eigenvalue weighted by Gasteiger charge is 2.19. The van der Waals surface area contributed by atoms with E-state index in [9.17, 15) is 13.8 Å². The van der Waals surface area contributed by atoms with Gasteiger partial charge >= 0.3 is 5.97 Å². The Kier molecular flexibility index (Phi) is 4.78. The van der Waals surface area contributed by atoms with E-state index in [1.54, 1.807) is 23.5 Å². The summed E-state index contributed by atoms with van der Waals surface area (Å²) in [5.41, 5.74) is 3.34. The van der Waals surface area contributed by atoms with E-state index in [4.69, 9.17) is 9.72 Å². The molecule has 5 rings (SSSR count). The Morgan fingerprint density at radius 3 is 2.69 bits per heavy atom. The average molecular weight is 445 g/mol. The molecule has 0 amide bonds. The molecule has 0 saturated carbocycles. The average Bonchev–Trinajstić information content (AvgIpc) is 3.15. The van der Waals surface area contributed by atoms with Gasteiger partial charge in [-0.1, -0.05) is 24.8 Å². The van der Waals surface area contributed by atoms with Gasteiger partial charge in [0.25, 0.3) is 5.56 Å². The Morgan fingerprint density at radius 1 is 1.12 bits per heavy atom. The number of esters is 1. The number of rotatable bonds is 5. The van der Waals surface area contributed by atoms with Crippen molar-refractivity contribution in [2.45, 2.75) is 18.7 Å². The van der Waals surface area contributed by atoms with E-state index < -0.39 is 16.8 Å². The van der Waals surface area contributed by atoms with E-state index >= 15 is 0 Å². The Morgan fingerprint density at radius 2 is 1.91 bits per heavy atom. The van der Waals surface area contributed by atoms with Gasteiger partial charge in [-0.3, -0.25) is 13.4 Å². The summed E-state index contributed by atoms with van der Waals surface area (Å²) in [6, 6.07) is 15.0. The van der Waals surface area contributed by atoms with Crippen LogP contribution < -0.4 is 5.56 Å². The van der Waals surface area contributed by atoms with Gasteiger partial charge in [-0.05, 0) is 55.1 Å². The zero-order chi connectivity index (χ0) is 22.6. The van der Waals surface area contributed by atoms with Crippen molar-refractivity contribution in [1.82, 2.24) is 9.38 Å². The lowest BCUT2D eigenvalue weighted by Gasteiger charge is -2.11. The highest BCUT2D eigenvalue weighted by Crippen LogP contribution is 2.33. The zero-order valence-corrected chi connectivity index (χ0v) is 18.5. The van der Waals surface area contributed by atoms with Crippen molar-refractivity contribution < 1.29 is 13.7 Å². The molecular weight excluding hydrogens is 424 g/mol. The Hall–Kier alpha value is -3.58. The number of aromatic nitrogens is 2. The molecule has 0 fully saturated rings. The molecule has 0 radical (unpaired) electrons. The first kappa shape index (κ1) is 20.3. The van der Waals surface area contributed by atoms with E-state index in [1.165, 1.54) is 0 Å². The van der Waals surface area contributed by atoms with Gasteiger partial charge in [-0.2, -0.15) is 0 Å². The second kappa shape index (κ2) is 7.53. The highest BCUT2D eigenvalue weighted by molar-refractivity contribution is 7.85. The molecule has 2 aromatic heterocycles. The van der Waals surface area contributed by atoms with Crippen molar-refractivity contribution in [1.29, 1.82) is 0 Å². The Labute approximate surface area is 185 Å². The zero-order valence-electron chi connectivity index (χ0n) is 17.7. The van der Waals surface area contributed by atoms with Gasteiger partial charge in [-0.15, -0.1) is 0 Å². The molecule has 160 valence electrons. The number of imidazole rings is 1. The first-order chi connectivity index (χ1) is 15.4. The van der Waals surface area contributed by atoms with Crippen LogP contribution in [0.5, 0.6) is 0 Å². The van der Waals surface area contributed by atoms with Crippen molar-refractivity contribution >= 4 is 55.0 Å². The number of carbonyl (C=O) groups excluding carboxylic acids is 1. The van der Waals surface area contributed by atoms with Crippen LogP contribution in [0.15, 0.2) is 70.4 Å². The van der Waals surface area contributed by atoms with Crippen molar-refractivity contribution in [3.8, 4) is 0 Å². The smallest absolute Gasteiger partial charge is 0.333 e. The molecule has 2 heterocycles. The van der Waals surface area contributed by atoms with E-state index in [2.05, 4.69) is 6.58 Å². The van der Waals surface area contributed by atoms with Gasteiger partial charge < -0.3 is 4.74 Å². The molecule has 5 aromatic rings. The third kappa shape index (κ3) is 3.08. The minimum atomic E-state index is -1.41. The minimum Gasteiger partial charge on any atom is -0.461 e. The van der Waals surface area contributed by atoms with Crippen LogP contribution in [0.3, 0.4) is 0 Å². The molecule has 7 heteroatoms. The Balaban J connectivity index is 1.69. The summed E-state index contributed by atoms with van der Waals surface area (Å²) < 4.78 is 19.8. The van der Waals surface area contributed by atoms with Crippen LogP contribution in [-0.4, -0.2) is 31.9 Å². The second-order valence-corrected chi connectivity index (χ2v) is 9.41. The lowest BCUT2D eigenvalue weighted by molar-refractivity contribution is -0.138. The molecule has 3 aromatic carbocycles. The van der Waals surface area contributed by atoms with Crippen LogP contribution in [0.4, 0.5) is 0 Å². The summed E-state index contributed by atoms with van der Waals surface area (Å²) >= 11 is 0. The SMILES string of the molecule is C=C(C)C(=O)OCCS(=O)c1ccc2c3c1cccc3c(=O)n1c3ccc(C)cc3nc21. The fraction of sp³-hybridized carbons (Fsp3) is 0.160. The van der Waals surface area contributed by atoms with Crippen molar-refractivity contribution in [2.24, 2.45) is 0 Å². The largest absolute Gasteiger partial charge is 0.461 e. The number of aryl methyl sites for hydroxylation is 1. The molecular formula is C25H20N2O4S. The topological polar surface area (TPSA) is 77.7 Å². The quantitative estimate of drug-likeness (QED) is 0.301. The fourth-order valence-corrected chi connectivity index (χ4v) is 5.17. The Bertz CT molecular complexity index is 1650. The molecule has 0 aliphatic carbocycles. The number of carbonyl (C=O) groups is 1. The number of hydrogen-bond acceptors (Lipinski definition) is 5. The number of ether oxygens (including phenoxy) is 1. The molecule has 0 bridgehead atoms. The molecule has 0 aliphatic rings. The van der Waals surface area contributed by atoms with Crippen LogP contribution in [0.25, 0.3) is 38.2 Å². The van der Waals surface area contributed by atoms with Crippen molar-refractivity contribution in [3.05, 3.63) is 76.6 Å². The molecule has 0 saturated heterocycles. The fourth-order valence-electron chi connectivity index (χ4n) is 4.08. The van der Waals surface area contributed by atoms with Gasteiger partial charge in [0.1, 0.15) is 12.3 Å². The lowest BCUT2D eigenvalue weighted by Crippen LogP contribution is -2.14. The maximum Gasteiger partial charge on any atom is 0.333 e. The van der Waals surface area contributed by atoms with Crippen LogP contribution >= 0.6 is 0 Å². The van der Waals surface area contributed by atoms with E-state index in [1.807, 2.05) is 43.3 Å². The second-order valence-electron chi connectivity index (χ2n) is 7.87. The first-order valence-electron chi connectivity index (χ1n) is 10.2. The number of benzene rings is 3. The number of fused-ring (bicyclic) bond motifs is 4. The maximum absolute atomic E-state index is 13.4. The summed E-state index contributed by atoms with van der Waals surface area (Å²) in [6.45, 7) is 7.12. The van der Waals surface area contributed by atoms with Gasteiger partial charge in [0.05, 0.1) is 27.6 Å². The highest BCUT2D eigenvalue weighted by atomic mass is 32.2. The van der Waals surface area contributed by atoms with Gasteiger partial charge in [-0.25, -0.2) is 9.78 Å². The maximum atomic E-state index is 13.4. The summed E-state index contributed by atoms with van der Waals surface area (Å²) in [6.07, 6.45) is 0. The minimum absolute atomic E-state index is 0.0231. The number of pyridine rings is 1. The van der Waals surface area contributed by atoms with Crippen molar-refractivity contribution in [2.75, 3.05) is 12.4 Å². The molecule has 0 aliphatic heterocycles. The summed E-state index contributed by atoms with van der Waals surface area (Å²) in [5, 5.41) is 2.88. The summed E-state index contributed by atoms with van der Waals surface area (Å²) in [5.74, 6) is -0.345. The van der Waals surface area contributed by atoms with Gasteiger partial charge in [0.15, 0.2) is 0 Å². The van der Waals surface area contributed by atoms with Gasteiger partial charge in [0.2, 0.25) is 0 Å². The van der Waals surface area contributed by atoms with Gasteiger partial charge in [0, 0.05) is 26.6 Å². The van der Waals surface area contributed by atoms with Crippen molar-refractivity contribution in [3.63, 3.8) is 0 Å². The monoisotopic (exact) mass is 444 g/mol. The molecule has 1 atom stereocenters. The lowest BCUT2D eigenvalue weighted by atomic mass is 10.0. The van der Waals surface area contributed by atoms with Crippen LogP contribution in [0, 0.1) is 6.92 Å². The van der Waals surface area contributed by atoms with Crippen LogP contribution in [0.1, 0.15) is 12.5 Å². The molecule has 32 heavy (non-hydrogen) atoms. The predicted octanol–water partition coefficient (Wildman–Crippen LogP) is 4.13.